The summed E-state index contributed by atoms with van der Waals surface area (Å²) in [4.78, 5) is 41.4. The highest BCUT2D eigenvalue weighted by Gasteiger charge is 2.27. The molecule has 180 valence electrons. The molecule has 0 bridgehead atoms. The van der Waals surface area contributed by atoms with Gasteiger partial charge in [-0.25, -0.2) is 9.59 Å². The van der Waals surface area contributed by atoms with Crippen molar-refractivity contribution in [2.24, 2.45) is 16.0 Å². The minimum Gasteiger partial charge on any atom is -0.467 e. The second kappa shape index (κ2) is 12.9. The van der Waals surface area contributed by atoms with Crippen molar-refractivity contribution in [2.45, 2.75) is 44.8 Å². The lowest BCUT2D eigenvalue weighted by Gasteiger charge is -2.17. The number of nitrogens with one attached hydrogen (secondary N) is 2. The van der Waals surface area contributed by atoms with Crippen LogP contribution in [0.15, 0.2) is 34.6 Å². The van der Waals surface area contributed by atoms with Crippen molar-refractivity contribution >= 4 is 29.5 Å². The summed E-state index contributed by atoms with van der Waals surface area (Å²) >= 11 is 0. The van der Waals surface area contributed by atoms with Crippen LogP contribution in [0.1, 0.15) is 43.7 Å². The zero-order chi connectivity index (χ0) is 24.2. The molecule has 2 atom stereocenters. The molecule has 0 spiro atoms. The molecule has 1 aliphatic rings. The van der Waals surface area contributed by atoms with Crippen molar-refractivity contribution < 1.29 is 33.9 Å². The van der Waals surface area contributed by atoms with Gasteiger partial charge in [-0.3, -0.25) is 4.79 Å². The Labute approximate surface area is 191 Å². The molecule has 0 unspecified atom stereocenters. The van der Waals surface area contributed by atoms with Crippen LogP contribution in [0, 0.1) is 0 Å². The number of amidine groups is 1. The summed E-state index contributed by atoms with van der Waals surface area (Å²) in [6.45, 7) is 2.02. The molecule has 12 heteroatoms. The van der Waals surface area contributed by atoms with Gasteiger partial charge in [0.05, 0.1) is 25.8 Å². The highest BCUT2D eigenvalue weighted by Crippen LogP contribution is 2.19. The number of unbranched alkanes of at least 4 members (excludes halogenated alkanes) is 1. The predicted molar refractivity (Wildman–Crippen MR) is 118 cm³/mol. The van der Waals surface area contributed by atoms with Crippen molar-refractivity contribution in [2.75, 3.05) is 20.3 Å². The van der Waals surface area contributed by atoms with E-state index in [4.69, 9.17) is 20.5 Å². The van der Waals surface area contributed by atoms with Crippen LogP contribution in [0.25, 0.3) is 0 Å². The highest BCUT2D eigenvalue weighted by molar-refractivity contribution is 6.03. The number of hydrogen-bond acceptors (Lipinski definition) is 9. The lowest BCUT2D eigenvalue weighted by atomic mass is 10.0. The summed E-state index contributed by atoms with van der Waals surface area (Å²) in [6, 6.07) is 5.78. The number of benzene rings is 1. The van der Waals surface area contributed by atoms with Crippen molar-refractivity contribution in [1.82, 2.24) is 10.6 Å². The van der Waals surface area contributed by atoms with Crippen LogP contribution in [0.4, 0.5) is 4.79 Å². The normalized spacial score (nSPS) is 16.2. The Morgan fingerprint density at radius 2 is 2.06 bits per heavy atom. The summed E-state index contributed by atoms with van der Waals surface area (Å²) in [6.07, 6.45) is 0.725. The van der Waals surface area contributed by atoms with Crippen LogP contribution in [-0.2, 0) is 23.9 Å². The van der Waals surface area contributed by atoms with E-state index < -0.39 is 24.2 Å². The molecular formula is C21H29N5O7. The van der Waals surface area contributed by atoms with Gasteiger partial charge in [0.2, 0.25) is 5.91 Å². The predicted octanol–water partition coefficient (Wildman–Crippen LogP) is 0.848. The fourth-order valence-corrected chi connectivity index (χ4v) is 2.92. The fraction of sp³-hybridized carbons (Fsp3) is 0.476. The van der Waals surface area contributed by atoms with Crippen molar-refractivity contribution in [3.8, 4) is 0 Å². The lowest BCUT2D eigenvalue weighted by molar-refractivity contribution is -0.143. The molecule has 0 fully saturated rings. The quantitative estimate of drug-likeness (QED) is 0.0933. The molecule has 1 heterocycles. The Hall–Kier alpha value is -3.83. The molecule has 33 heavy (non-hydrogen) atoms. The van der Waals surface area contributed by atoms with Gasteiger partial charge in [0.15, 0.2) is 5.84 Å². The molecule has 1 aromatic carbocycles. The first kappa shape index (κ1) is 25.4. The van der Waals surface area contributed by atoms with Gasteiger partial charge in [0.1, 0.15) is 12.1 Å². The van der Waals surface area contributed by atoms with Crippen molar-refractivity contribution in [3.63, 3.8) is 0 Å². The number of nitrogens with zero attached hydrogens (tertiary/aromatic N) is 2. The average molecular weight is 463 g/mol. The number of esters is 1. The van der Waals surface area contributed by atoms with Gasteiger partial charge in [-0.05, 0) is 12.0 Å². The van der Waals surface area contributed by atoms with E-state index in [1.807, 2.05) is 6.92 Å². The van der Waals surface area contributed by atoms with Gasteiger partial charge >= 0.3 is 12.1 Å². The number of rotatable bonds is 11. The number of hydrogen-bond donors (Lipinski definition) is 4. The first-order valence-electron chi connectivity index (χ1n) is 10.5. The van der Waals surface area contributed by atoms with E-state index >= 15 is 0 Å². The topological polar surface area (TPSA) is 174 Å². The summed E-state index contributed by atoms with van der Waals surface area (Å²) in [5.74, 6) is -1.09. The highest BCUT2D eigenvalue weighted by atomic mass is 16.6. The lowest BCUT2D eigenvalue weighted by Crippen LogP contribution is -2.49. The number of amides is 2. The van der Waals surface area contributed by atoms with E-state index in [9.17, 15) is 14.4 Å². The Kier molecular flexibility index (Phi) is 9.93. The maximum absolute atomic E-state index is 12.3. The van der Waals surface area contributed by atoms with Crippen LogP contribution in [-0.4, -0.2) is 67.1 Å². The van der Waals surface area contributed by atoms with Gasteiger partial charge in [-0.2, -0.15) is 0 Å². The third-order valence-corrected chi connectivity index (χ3v) is 4.78. The summed E-state index contributed by atoms with van der Waals surface area (Å²) in [5, 5.41) is 20.7. The second-order valence-corrected chi connectivity index (χ2v) is 7.25. The van der Waals surface area contributed by atoms with E-state index in [0.29, 0.717) is 24.1 Å². The van der Waals surface area contributed by atoms with Crippen LogP contribution < -0.4 is 16.4 Å². The van der Waals surface area contributed by atoms with Gasteiger partial charge in [-0.1, -0.05) is 47.9 Å². The third-order valence-electron chi connectivity index (χ3n) is 4.78. The Morgan fingerprint density at radius 1 is 1.33 bits per heavy atom. The van der Waals surface area contributed by atoms with Gasteiger partial charge in [0.25, 0.3) is 0 Å². The molecule has 0 saturated carbocycles. The largest absolute Gasteiger partial charge is 0.467 e. The molecule has 12 nitrogen and oxygen atoms in total. The first-order valence-corrected chi connectivity index (χ1v) is 10.5. The van der Waals surface area contributed by atoms with E-state index in [1.54, 1.807) is 24.3 Å². The Bertz CT molecular complexity index is 885. The number of methoxy groups -OCH3 is 1. The minimum absolute atomic E-state index is 0.00401. The zero-order valence-corrected chi connectivity index (χ0v) is 18.6. The number of carbonyl (C=O) groups excluding carboxylic acids is 3. The molecule has 0 saturated heterocycles. The van der Waals surface area contributed by atoms with Gasteiger partial charge in [0, 0.05) is 18.5 Å². The zero-order valence-electron chi connectivity index (χ0n) is 18.6. The van der Waals surface area contributed by atoms with Crippen molar-refractivity contribution in [1.29, 1.82) is 0 Å². The van der Waals surface area contributed by atoms with Crippen LogP contribution in [0.5, 0.6) is 0 Å². The molecule has 2 rings (SSSR count). The van der Waals surface area contributed by atoms with E-state index in [2.05, 4.69) is 25.7 Å². The van der Waals surface area contributed by atoms with E-state index in [0.717, 1.165) is 12.0 Å². The minimum atomic E-state index is -1.09. The van der Waals surface area contributed by atoms with Gasteiger partial charge < -0.3 is 35.9 Å². The average Bonchev–Trinajstić information content (AvgIpc) is 3.29. The smallest absolute Gasteiger partial charge is 0.407 e. The molecule has 1 aliphatic heterocycles. The SMILES string of the molecule is CCCCOC(=O)N[C@@H](CNC(=O)C[C@H]1CC(c2ccc(C(N)=NO)cc2)=NO1)C(=O)OC. The molecule has 2 amide bonds. The fourth-order valence-electron chi connectivity index (χ4n) is 2.92. The Balaban J connectivity index is 1.81. The number of oxime groups is 2. The number of ether oxygens (including phenoxy) is 2. The molecular weight excluding hydrogens is 434 g/mol. The maximum Gasteiger partial charge on any atom is 0.407 e. The molecule has 0 aliphatic carbocycles. The van der Waals surface area contributed by atoms with E-state index in [-0.39, 0.29) is 31.3 Å². The monoisotopic (exact) mass is 463 g/mol. The van der Waals surface area contributed by atoms with Crippen molar-refractivity contribution in [3.05, 3.63) is 35.4 Å². The first-order chi connectivity index (χ1) is 15.9. The summed E-state index contributed by atoms with van der Waals surface area (Å²) < 4.78 is 9.64. The summed E-state index contributed by atoms with van der Waals surface area (Å²) in [7, 11) is 1.18. The van der Waals surface area contributed by atoms with Gasteiger partial charge in [-0.15, -0.1) is 0 Å². The number of alkyl carbamates (subject to hydrolysis) is 1. The van der Waals surface area contributed by atoms with Crippen LogP contribution >= 0.6 is 0 Å². The molecule has 1 aromatic rings. The molecule has 0 aromatic heterocycles. The maximum atomic E-state index is 12.3. The number of nitrogens with two attached hydrogens (primary N) is 1. The Morgan fingerprint density at radius 3 is 2.70 bits per heavy atom. The summed E-state index contributed by atoms with van der Waals surface area (Å²) in [5.41, 5.74) is 7.54. The third kappa shape index (κ3) is 7.98. The second-order valence-electron chi connectivity index (χ2n) is 7.25. The van der Waals surface area contributed by atoms with Crippen LogP contribution in [0.3, 0.4) is 0 Å². The number of carbonyl (C=O) groups is 3. The molecule has 5 N–H and O–H groups in total. The standard InChI is InChI=1S/C21H29N5O7/c1-3-4-9-32-21(29)24-17(20(28)31-2)12-23-18(27)11-15-10-16(26-33-15)13-5-7-14(8-6-13)19(22)25-30/h5-8,15,17,30H,3-4,9-12H2,1-2H3,(H2,22,25)(H,23,27)(H,24,29)/t15-,17+/m1/s1. The van der Waals surface area contributed by atoms with E-state index in [1.165, 1.54) is 7.11 Å². The van der Waals surface area contributed by atoms with Crippen LogP contribution in [0.2, 0.25) is 0 Å². The molecule has 0 radical (unpaired) electrons.